The number of aromatic nitrogens is 2. The molecule has 3 heteroatoms. The molecule has 0 atom stereocenters. The molecule has 15 heavy (non-hydrogen) atoms. The normalized spacial score (nSPS) is 9.33. The molecule has 0 unspecified atom stereocenters. The molecule has 74 valence electrons. The minimum absolute atomic E-state index is 0.810. The second-order valence-electron chi connectivity index (χ2n) is 2.85. The van der Waals surface area contributed by atoms with Gasteiger partial charge in [0.15, 0.2) is 5.65 Å². The van der Waals surface area contributed by atoms with E-state index in [-0.39, 0.29) is 0 Å². The van der Waals surface area contributed by atoms with Gasteiger partial charge in [-0.1, -0.05) is 12.1 Å². The average Bonchev–Trinajstić information content (AvgIpc) is 2.88. The summed E-state index contributed by atoms with van der Waals surface area (Å²) in [5, 5.41) is 5.17. The largest absolute Gasteiger partial charge is 0.237 e. The third-order valence-corrected chi connectivity index (χ3v) is 2.43. The summed E-state index contributed by atoms with van der Waals surface area (Å²) in [6.07, 6.45) is 3.49. The minimum atomic E-state index is 0.810. The first-order chi connectivity index (χ1) is 7.47. The van der Waals surface area contributed by atoms with Crippen molar-refractivity contribution >= 4 is 22.4 Å². The molecule has 3 aromatic rings. The molecule has 0 saturated heterocycles. The molecule has 0 N–H and O–H groups in total. The third-order valence-electron chi connectivity index (χ3n) is 1.80. The SMILES string of the molecule is c1ccsc1.c1cnc2ncccc2c1. The summed E-state index contributed by atoms with van der Waals surface area (Å²) in [5.41, 5.74) is 0.810. The Balaban J connectivity index is 0.000000144. The highest BCUT2D eigenvalue weighted by Gasteiger charge is 1.88. The maximum Gasteiger partial charge on any atom is 0.159 e. The standard InChI is InChI=1S/C8H6N2.C4H4S/c1-3-7-4-2-6-10-8(7)9-5-1;1-2-4-5-3-1/h1-6H;1-4H. The molecule has 3 heterocycles. The van der Waals surface area contributed by atoms with E-state index in [4.69, 9.17) is 0 Å². The molecule has 0 amide bonds. The van der Waals surface area contributed by atoms with Crippen molar-refractivity contribution in [1.82, 2.24) is 9.97 Å². The highest BCUT2D eigenvalue weighted by atomic mass is 32.1. The van der Waals surface area contributed by atoms with Crippen LogP contribution in [0.5, 0.6) is 0 Å². The zero-order valence-corrected chi connectivity index (χ0v) is 8.89. The van der Waals surface area contributed by atoms with Crippen LogP contribution >= 0.6 is 11.3 Å². The van der Waals surface area contributed by atoms with E-state index in [1.54, 1.807) is 23.7 Å². The summed E-state index contributed by atoms with van der Waals surface area (Å²) in [6.45, 7) is 0. The summed E-state index contributed by atoms with van der Waals surface area (Å²) >= 11 is 1.71. The zero-order valence-electron chi connectivity index (χ0n) is 8.08. The fourth-order valence-corrected chi connectivity index (χ4v) is 1.59. The Morgan fingerprint density at radius 2 is 1.40 bits per heavy atom. The summed E-state index contributed by atoms with van der Waals surface area (Å²) in [7, 11) is 0. The van der Waals surface area contributed by atoms with E-state index in [1.165, 1.54) is 0 Å². The van der Waals surface area contributed by atoms with Gasteiger partial charge in [0, 0.05) is 17.8 Å². The predicted octanol–water partition coefficient (Wildman–Crippen LogP) is 3.38. The van der Waals surface area contributed by atoms with E-state index in [1.807, 2.05) is 47.2 Å². The molecule has 0 radical (unpaired) electrons. The van der Waals surface area contributed by atoms with Crippen molar-refractivity contribution < 1.29 is 0 Å². The number of nitrogens with zero attached hydrogens (tertiary/aromatic N) is 2. The number of hydrogen-bond donors (Lipinski definition) is 0. The topological polar surface area (TPSA) is 25.8 Å². The molecule has 0 aliphatic rings. The highest BCUT2D eigenvalue weighted by Crippen LogP contribution is 2.04. The van der Waals surface area contributed by atoms with Crippen LogP contribution in [0.4, 0.5) is 0 Å². The lowest BCUT2D eigenvalue weighted by Gasteiger charge is -1.90. The first-order valence-electron chi connectivity index (χ1n) is 4.60. The molecule has 0 saturated carbocycles. The Bertz CT molecular complexity index is 423. The first kappa shape index (κ1) is 9.80. The van der Waals surface area contributed by atoms with Crippen molar-refractivity contribution in [3.63, 3.8) is 0 Å². The summed E-state index contributed by atoms with van der Waals surface area (Å²) in [5.74, 6) is 0. The summed E-state index contributed by atoms with van der Waals surface area (Å²) < 4.78 is 0. The van der Waals surface area contributed by atoms with Crippen molar-refractivity contribution in [2.24, 2.45) is 0 Å². The van der Waals surface area contributed by atoms with E-state index in [0.717, 1.165) is 11.0 Å². The van der Waals surface area contributed by atoms with Gasteiger partial charge in [-0.05, 0) is 35.0 Å². The van der Waals surface area contributed by atoms with Crippen LogP contribution in [-0.4, -0.2) is 9.97 Å². The zero-order chi connectivity index (χ0) is 10.3. The number of thiophene rings is 1. The van der Waals surface area contributed by atoms with Crippen LogP contribution in [0, 0.1) is 0 Å². The maximum absolute atomic E-state index is 4.07. The Hall–Kier alpha value is -1.74. The van der Waals surface area contributed by atoms with Gasteiger partial charge in [0.1, 0.15) is 0 Å². The van der Waals surface area contributed by atoms with Gasteiger partial charge in [0.2, 0.25) is 0 Å². The Kier molecular flexibility index (Phi) is 3.41. The van der Waals surface area contributed by atoms with Crippen LogP contribution in [0.2, 0.25) is 0 Å². The van der Waals surface area contributed by atoms with Crippen molar-refractivity contribution in [3.05, 3.63) is 59.6 Å². The highest BCUT2D eigenvalue weighted by molar-refractivity contribution is 7.07. The number of pyridine rings is 2. The van der Waals surface area contributed by atoms with Crippen molar-refractivity contribution in [3.8, 4) is 0 Å². The molecule has 0 bridgehead atoms. The second-order valence-corrected chi connectivity index (χ2v) is 3.66. The molecule has 3 rings (SSSR count). The Morgan fingerprint density at radius 3 is 1.80 bits per heavy atom. The summed E-state index contributed by atoms with van der Waals surface area (Å²) in [6, 6.07) is 11.8. The summed E-state index contributed by atoms with van der Waals surface area (Å²) in [4.78, 5) is 8.14. The smallest absolute Gasteiger partial charge is 0.159 e. The van der Waals surface area contributed by atoms with Crippen LogP contribution in [0.25, 0.3) is 11.0 Å². The lowest BCUT2D eigenvalue weighted by Crippen LogP contribution is -1.78. The van der Waals surface area contributed by atoms with Gasteiger partial charge in [0.25, 0.3) is 0 Å². The van der Waals surface area contributed by atoms with Gasteiger partial charge >= 0.3 is 0 Å². The molecule has 0 spiro atoms. The van der Waals surface area contributed by atoms with Crippen LogP contribution in [-0.2, 0) is 0 Å². The molecule has 0 aliphatic heterocycles. The average molecular weight is 214 g/mol. The Labute approximate surface area is 92.3 Å². The van der Waals surface area contributed by atoms with Crippen LogP contribution in [0.15, 0.2) is 59.6 Å². The molecular formula is C12H10N2S. The van der Waals surface area contributed by atoms with E-state index in [0.29, 0.717) is 0 Å². The quantitative estimate of drug-likeness (QED) is 0.573. The molecule has 0 aromatic carbocycles. The fraction of sp³-hybridized carbons (Fsp3) is 0. The predicted molar refractivity (Wildman–Crippen MR) is 63.9 cm³/mol. The number of fused-ring (bicyclic) bond motifs is 1. The van der Waals surface area contributed by atoms with Crippen LogP contribution < -0.4 is 0 Å². The fourth-order valence-electron chi connectivity index (χ4n) is 1.13. The molecule has 0 aliphatic carbocycles. The van der Waals surface area contributed by atoms with Gasteiger partial charge in [-0.2, -0.15) is 11.3 Å². The lowest BCUT2D eigenvalue weighted by atomic mass is 10.3. The first-order valence-corrected chi connectivity index (χ1v) is 5.54. The minimum Gasteiger partial charge on any atom is -0.237 e. The third kappa shape index (κ3) is 2.86. The molecule has 2 nitrogen and oxygen atoms in total. The Morgan fingerprint density at radius 1 is 0.800 bits per heavy atom. The lowest BCUT2D eigenvalue weighted by molar-refractivity contribution is 1.29. The van der Waals surface area contributed by atoms with Gasteiger partial charge < -0.3 is 0 Å². The van der Waals surface area contributed by atoms with E-state index in [2.05, 4.69) is 9.97 Å². The number of hydrogen-bond acceptors (Lipinski definition) is 3. The second kappa shape index (κ2) is 5.22. The van der Waals surface area contributed by atoms with Crippen LogP contribution in [0.1, 0.15) is 0 Å². The van der Waals surface area contributed by atoms with Crippen LogP contribution in [0.3, 0.4) is 0 Å². The van der Waals surface area contributed by atoms with Gasteiger partial charge in [-0.15, -0.1) is 0 Å². The van der Waals surface area contributed by atoms with E-state index >= 15 is 0 Å². The maximum atomic E-state index is 4.07. The van der Waals surface area contributed by atoms with Crippen molar-refractivity contribution in [2.75, 3.05) is 0 Å². The monoisotopic (exact) mass is 214 g/mol. The van der Waals surface area contributed by atoms with E-state index < -0.39 is 0 Å². The number of rotatable bonds is 0. The molecule has 3 aromatic heterocycles. The van der Waals surface area contributed by atoms with Gasteiger partial charge in [-0.3, -0.25) is 0 Å². The van der Waals surface area contributed by atoms with E-state index in [9.17, 15) is 0 Å². The van der Waals surface area contributed by atoms with Crippen molar-refractivity contribution in [2.45, 2.75) is 0 Å². The molecule has 0 fully saturated rings. The van der Waals surface area contributed by atoms with Crippen molar-refractivity contribution in [1.29, 1.82) is 0 Å². The van der Waals surface area contributed by atoms with Gasteiger partial charge in [-0.25, -0.2) is 9.97 Å². The molecular weight excluding hydrogens is 204 g/mol. The van der Waals surface area contributed by atoms with Gasteiger partial charge in [0.05, 0.1) is 0 Å².